The van der Waals surface area contributed by atoms with Gasteiger partial charge >= 0.3 is 0 Å². The monoisotopic (exact) mass is 304 g/mol. The summed E-state index contributed by atoms with van der Waals surface area (Å²) in [7, 11) is 1.71. The summed E-state index contributed by atoms with van der Waals surface area (Å²) in [6.07, 6.45) is 0. The van der Waals surface area contributed by atoms with Gasteiger partial charge in [-0.3, -0.25) is 19.6 Å². The Morgan fingerprint density at radius 3 is 2.73 bits per heavy atom. The maximum absolute atomic E-state index is 12.1. The van der Waals surface area contributed by atoms with Gasteiger partial charge in [0, 0.05) is 12.7 Å². The average molecular weight is 304 g/mol. The van der Waals surface area contributed by atoms with E-state index < -0.39 is 10.8 Å². The maximum Gasteiger partial charge on any atom is 0.296 e. The lowest BCUT2D eigenvalue weighted by atomic mass is 10.2. The van der Waals surface area contributed by atoms with Gasteiger partial charge in [-0.05, 0) is 32.0 Å². The maximum atomic E-state index is 12.1. The number of carbonyl (C=O) groups excluding carboxylic acids is 1. The molecular formula is C14H16N4O4. The Balaban J connectivity index is 2.28. The van der Waals surface area contributed by atoms with E-state index in [1.807, 2.05) is 6.92 Å². The molecule has 0 aliphatic heterocycles. The Kier molecular flexibility index (Phi) is 4.40. The van der Waals surface area contributed by atoms with Crippen LogP contribution in [-0.4, -0.2) is 27.2 Å². The summed E-state index contributed by atoms with van der Waals surface area (Å²) in [5.74, 6) is -0.128. The highest BCUT2D eigenvalue weighted by atomic mass is 16.6. The van der Waals surface area contributed by atoms with Crippen molar-refractivity contribution in [2.24, 2.45) is 7.05 Å². The van der Waals surface area contributed by atoms with E-state index in [4.69, 9.17) is 4.74 Å². The van der Waals surface area contributed by atoms with Crippen molar-refractivity contribution < 1.29 is 14.5 Å². The van der Waals surface area contributed by atoms with Gasteiger partial charge in [-0.15, -0.1) is 0 Å². The zero-order valence-electron chi connectivity index (χ0n) is 12.5. The molecule has 0 saturated heterocycles. The number of nitro groups is 1. The molecule has 0 unspecified atom stereocenters. The van der Waals surface area contributed by atoms with Crippen LogP contribution in [0.15, 0.2) is 24.3 Å². The summed E-state index contributed by atoms with van der Waals surface area (Å²) in [4.78, 5) is 22.7. The third kappa shape index (κ3) is 3.22. The van der Waals surface area contributed by atoms with Crippen molar-refractivity contribution >= 4 is 17.3 Å². The average Bonchev–Trinajstić information content (AvgIpc) is 2.80. The highest BCUT2D eigenvalue weighted by Gasteiger charge is 2.19. The second-order valence-electron chi connectivity index (χ2n) is 4.62. The van der Waals surface area contributed by atoms with Crippen molar-refractivity contribution in [1.29, 1.82) is 0 Å². The van der Waals surface area contributed by atoms with Gasteiger partial charge in [-0.1, -0.05) is 0 Å². The molecule has 0 bridgehead atoms. The Morgan fingerprint density at radius 1 is 1.45 bits per heavy atom. The Bertz CT molecular complexity index is 704. The van der Waals surface area contributed by atoms with Crippen LogP contribution in [0.3, 0.4) is 0 Å². The molecule has 116 valence electrons. The molecule has 0 fully saturated rings. The van der Waals surface area contributed by atoms with Crippen LogP contribution in [0.4, 0.5) is 11.4 Å². The summed E-state index contributed by atoms with van der Waals surface area (Å²) in [5, 5.41) is 17.7. The normalized spacial score (nSPS) is 10.3. The smallest absolute Gasteiger partial charge is 0.296 e. The molecule has 2 rings (SSSR count). The lowest BCUT2D eigenvalue weighted by Crippen LogP contribution is -2.14. The summed E-state index contributed by atoms with van der Waals surface area (Å²) in [6, 6.07) is 5.89. The molecule has 1 amide bonds. The first-order valence-corrected chi connectivity index (χ1v) is 6.65. The fourth-order valence-corrected chi connectivity index (χ4v) is 1.88. The quantitative estimate of drug-likeness (QED) is 0.675. The van der Waals surface area contributed by atoms with Crippen LogP contribution in [0.2, 0.25) is 0 Å². The predicted octanol–water partition coefficient (Wildman–Crippen LogP) is 2.29. The van der Waals surface area contributed by atoms with E-state index in [1.54, 1.807) is 30.8 Å². The first-order chi connectivity index (χ1) is 10.4. The molecular weight excluding hydrogens is 288 g/mol. The zero-order chi connectivity index (χ0) is 16.3. The summed E-state index contributed by atoms with van der Waals surface area (Å²) in [6.45, 7) is 3.99. The molecule has 0 spiro atoms. The summed E-state index contributed by atoms with van der Waals surface area (Å²) >= 11 is 0. The van der Waals surface area contributed by atoms with Crippen molar-refractivity contribution in [3.63, 3.8) is 0 Å². The number of nitro benzene ring substituents is 1. The second kappa shape index (κ2) is 6.25. The number of aryl methyl sites for hydroxylation is 2. The number of aromatic nitrogens is 2. The predicted molar refractivity (Wildman–Crippen MR) is 80.2 cm³/mol. The van der Waals surface area contributed by atoms with E-state index >= 15 is 0 Å². The van der Waals surface area contributed by atoms with Crippen molar-refractivity contribution in [3.05, 3.63) is 45.8 Å². The number of ether oxygens (including phenoxy) is 1. The van der Waals surface area contributed by atoms with Crippen LogP contribution in [0.25, 0.3) is 0 Å². The van der Waals surface area contributed by atoms with E-state index in [0.29, 0.717) is 12.4 Å². The molecule has 0 saturated carbocycles. The van der Waals surface area contributed by atoms with Crippen LogP contribution >= 0.6 is 0 Å². The molecule has 0 radical (unpaired) electrons. The third-order valence-electron chi connectivity index (χ3n) is 3.07. The largest absolute Gasteiger partial charge is 0.494 e. The number of hydrogen-bond donors (Lipinski definition) is 1. The Labute approximate surface area is 126 Å². The molecule has 2 aromatic rings. The van der Waals surface area contributed by atoms with Gasteiger partial charge in [0.1, 0.15) is 11.4 Å². The molecule has 1 aromatic carbocycles. The molecule has 8 heteroatoms. The fourth-order valence-electron chi connectivity index (χ4n) is 1.88. The van der Waals surface area contributed by atoms with Gasteiger partial charge in [-0.25, -0.2) is 0 Å². The number of nitrogens with one attached hydrogen (secondary N) is 1. The van der Waals surface area contributed by atoms with E-state index in [2.05, 4.69) is 10.4 Å². The molecule has 0 aliphatic carbocycles. The highest BCUT2D eigenvalue weighted by molar-refractivity contribution is 6.04. The molecule has 1 aromatic heterocycles. The van der Waals surface area contributed by atoms with Crippen molar-refractivity contribution in [2.75, 3.05) is 11.9 Å². The number of benzene rings is 1. The second-order valence-corrected chi connectivity index (χ2v) is 4.62. The number of nitrogens with zero attached hydrogens (tertiary/aromatic N) is 3. The first-order valence-electron chi connectivity index (χ1n) is 6.65. The Morgan fingerprint density at radius 2 is 2.18 bits per heavy atom. The number of amides is 1. The Hall–Kier alpha value is -2.90. The lowest BCUT2D eigenvalue weighted by molar-refractivity contribution is -0.384. The van der Waals surface area contributed by atoms with Crippen LogP contribution < -0.4 is 10.1 Å². The lowest BCUT2D eigenvalue weighted by Gasteiger charge is -2.07. The summed E-state index contributed by atoms with van der Waals surface area (Å²) in [5.41, 5.74) is 0.878. The molecule has 0 atom stereocenters. The number of anilines is 1. The minimum atomic E-state index is -0.568. The van der Waals surface area contributed by atoms with Crippen molar-refractivity contribution in [3.8, 4) is 5.75 Å². The fraction of sp³-hybridized carbons (Fsp3) is 0.286. The SMILES string of the molecule is CCOc1ccc(NC(=O)c2cc(C)n(C)n2)c([N+](=O)[O-])c1. The standard InChI is InChI=1S/C14H16N4O4/c1-4-22-10-5-6-11(13(8-10)18(20)21)15-14(19)12-7-9(2)17(3)16-12/h5-8H,4H2,1-3H3,(H,15,19). The minimum Gasteiger partial charge on any atom is -0.494 e. The van der Waals surface area contributed by atoms with Gasteiger partial charge in [-0.2, -0.15) is 5.10 Å². The van der Waals surface area contributed by atoms with Gasteiger partial charge in [0.05, 0.1) is 17.6 Å². The molecule has 8 nitrogen and oxygen atoms in total. The van der Waals surface area contributed by atoms with Gasteiger partial charge in [0.25, 0.3) is 11.6 Å². The topological polar surface area (TPSA) is 99.3 Å². The van der Waals surface area contributed by atoms with Crippen molar-refractivity contribution in [2.45, 2.75) is 13.8 Å². The van der Waals surface area contributed by atoms with E-state index in [-0.39, 0.29) is 17.1 Å². The van der Waals surface area contributed by atoms with Crippen molar-refractivity contribution in [1.82, 2.24) is 9.78 Å². The van der Waals surface area contributed by atoms with Crippen LogP contribution in [0, 0.1) is 17.0 Å². The molecule has 0 aliphatic rings. The molecule has 22 heavy (non-hydrogen) atoms. The van der Waals surface area contributed by atoms with Gasteiger partial charge < -0.3 is 10.1 Å². The van der Waals surface area contributed by atoms with Crippen LogP contribution in [-0.2, 0) is 7.05 Å². The van der Waals surface area contributed by atoms with Crippen LogP contribution in [0.5, 0.6) is 5.75 Å². The van der Waals surface area contributed by atoms with Crippen LogP contribution in [0.1, 0.15) is 23.1 Å². The van der Waals surface area contributed by atoms with E-state index in [0.717, 1.165) is 5.69 Å². The summed E-state index contributed by atoms with van der Waals surface area (Å²) < 4.78 is 6.78. The number of rotatable bonds is 5. The minimum absolute atomic E-state index is 0.0989. The zero-order valence-corrected chi connectivity index (χ0v) is 12.5. The van der Waals surface area contributed by atoms with E-state index in [9.17, 15) is 14.9 Å². The number of carbonyl (C=O) groups is 1. The first kappa shape index (κ1) is 15.5. The van der Waals surface area contributed by atoms with Gasteiger partial charge in [0.15, 0.2) is 5.69 Å². The molecule has 1 N–H and O–H groups in total. The molecule has 1 heterocycles. The third-order valence-corrected chi connectivity index (χ3v) is 3.07. The highest BCUT2D eigenvalue weighted by Crippen LogP contribution is 2.29. The van der Waals surface area contributed by atoms with E-state index in [1.165, 1.54) is 12.1 Å². The van der Waals surface area contributed by atoms with Gasteiger partial charge in [0.2, 0.25) is 0 Å². The number of hydrogen-bond acceptors (Lipinski definition) is 5.